The topological polar surface area (TPSA) is 104 Å². The largest absolute Gasteiger partial charge is 0.345 e. The van der Waals surface area contributed by atoms with Gasteiger partial charge in [0.15, 0.2) is 0 Å². The fraction of sp³-hybridized carbons (Fsp3) is 0.214. The summed E-state index contributed by atoms with van der Waals surface area (Å²) < 4.78 is 0. The number of nitrogens with zero attached hydrogens (tertiary/aromatic N) is 3. The van der Waals surface area contributed by atoms with Crippen molar-refractivity contribution < 1.29 is 4.79 Å². The Labute approximate surface area is 211 Å². The Kier molecular flexibility index (Phi) is 7.44. The normalized spacial score (nSPS) is 10.6. The highest BCUT2D eigenvalue weighted by Gasteiger charge is 2.11. The summed E-state index contributed by atoms with van der Waals surface area (Å²) in [6.07, 6.45) is 0. The maximum absolute atomic E-state index is 12.5. The van der Waals surface area contributed by atoms with Gasteiger partial charge in [-0.2, -0.15) is 15.0 Å². The van der Waals surface area contributed by atoms with Gasteiger partial charge in [-0.25, -0.2) is 0 Å². The van der Waals surface area contributed by atoms with Gasteiger partial charge in [0.1, 0.15) is 0 Å². The van der Waals surface area contributed by atoms with Crippen molar-refractivity contribution in [3.05, 3.63) is 88.5 Å². The number of carbonyl (C=O) groups is 1. The van der Waals surface area contributed by atoms with E-state index in [4.69, 9.17) is 0 Å². The number of aromatic nitrogens is 3. The lowest BCUT2D eigenvalue weighted by molar-refractivity contribution is -0.114. The minimum Gasteiger partial charge on any atom is -0.345 e. The molecule has 0 atom stereocenters. The molecule has 36 heavy (non-hydrogen) atoms. The summed E-state index contributed by atoms with van der Waals surface area (Å²) in [5.41, 5.74) is 8.15. The molecule has 0 bridgehead atoms. The van der Waals surface area contributed by atoms with E-state index in [1.165, 1.54) is 11.1 Å². The number of hydrogen-bond acceptors (Lipinski definition) is 7. The van der Waals surface area contributed by atoms with Crippen LogP contribution in [0.1, 0.15) is 27.8 Å². The van der Waals surface area contributed by atoms with Crippen LogP contribution in [0.3, 0.4) is 0 Å². The highest BCUT2D eigenvalue weighted by molar-refractivity contribution is 5.93. The molecule has 8 nitrogen and oxygen atoms in total. The number of carbonyl (C=O) groups excluding carboxylic acids is 1. The second-order valence-electron chi connectivity index (χ2n) is 8.96. The molecular weight excluding hydrogens is 450 g/mol. The molecule has 4 aromatic rings. The van der Waals surface area contributed by atoms with Crippen molar-refractivity contribution in [3.63, 3.8) is 0 Å². The van der Waals surface area contributed by atoms with Crippen LogP contribution >= 0.6 is 0 Å². The fourth-order valence-electron chi connectivity index (χ4n) is 3.72. The van der Waals surface area contributed by atoms with E-state index in [2.05, 4.69) is 62.2 Å². The van der Waals surface area contributed by atoms with Gasteiger partial charge in [-0.15, -0.1) is 0 Å². The maximum atomic E-state index is 12.5. The average Bonchev–Trinajstić information content (AvgIpc) is 2.83. The van der Waals surface area contributed by atoms with Crippen LogP contribution in [-0.2, 0) is 4.79 Å². The van der Waals surface area contributed by atoms with E-state index in [1.54, 1.807) is 0 Å². The van der Waals surface area contributed by atoms with Crippen LogP contribution in [0, 0.1) is 34.6 Å². The highest BCUT2D eigenvalue weighted by Crippen LogP contribution is 2.23. The SMILES string of the molecule is Cc1ccc(NC(=O)CNc2nc(Nc3ccc(C)cc3C)nc(Nc3ccc(C)cc3C)n2)cc1. The average molecular weight is 482 g/mol. The van der Waals surface area contributed by atoms with E-state index in [1.807, 2.05) is 69.3 Å². The summed E-state index contributed by atoms with van der Waals surface area (Å²) in [6, 6.07) is 19.9. The number of aryl methyl sites for hydroxylation is 5. The van der Waals surface area contributed by atoms with E-state index in [0.29, 0.717) is 11.9 Å². The van der Waals surface area contributed by atoms with Crippen LogP contribution in [0.5, 0.6) is 0 Å². The van der Waals surface area contributed by atoms with Gasteiger partial charge in [-0.05, 0) is 70.0 Å². The molecule has 1 aromatic heterocycles. The number of nitrogens with one attached hydrogen (secondary N) is 4. The third-order valence-corrected chi connectivity index (χ3v) is 5.63. The molecule has 0 aliphatic heterocycles. The minimum atomic E-state index is -0.202. The van der Waals surface area contributed by atoms with Crippen LogP contribution < -0.4 is 21.3 Å². The van der Waals surface area contributed by atoms with Gasteiger partial charge in [-0.3, -0.25) is 4.79 Å². The Balaban J connectivity index is 1.55. The lowest BCUT2D eigenvalue weighted by Crippen LogP contribution is -2.23. The van der Waals surface area contributed by atoms with Gasteiger partial charge in [0, 0.05) is 17.1 Å². The standard InChI is InChI=1S/C28H31N7O/c1-17-6-10-22(11-7-17)30-25(36)16-29-26-33-27(31-23-12-8-18(2)14-20(23)4)35-28(34-26)32-24-13-9-19(3)15-21(24)5/h6-15H,16H2,1-5H3,(H,30,36)(H3,29,31,32,33,34,35). The van der Waals surface area contributed by atoms with Crippen molar-refractivity contribution in [1.82, 2.24) is 15.0 Å². The summed E-state index contributed by atoms with van der Waals surface area (Å²) in [5, 5.41) is 12.5. The highest BCUT2D eigenvalue weighted by atomic mass is 16.1. The molecule has 0 radical (unpaired) electrons. The molecule has 3 aromatic carbocycles. The fourth-order valence-corrected chi connectivity index (χ4v) is 3.72. The Hall–Kier alpha value is -4.46. The van der Waals surface area contributed by atoms with E-state index < -0.39 is 0 Å². The molecule has 0 spiro atoms. The van der Waals surface area contributed by atoms with Crippen molar-refractivity contribution in [2.24, 2.45) is 0 Å². The molecular formula is C28H31N7O. The van der Waals surface area contributed by atoms with Gasteiger partial charge >= 0.3 is 0 Å². The predicted molar refractivity (Wildman–Crippen MR) is 147 cm³/mol. The first-order chi connectivity index (χ1) is 17.2. The third-order valence-electron chi connectivity index (χ3n) is 5.63. The molecule has 0 unspecified atom stereocenters. The van der Waals surface area contributed by atoms with Crippen molar-refractivity contribution in [2.45, 2.75) is 34.6 Å². The smallest absolute Gasteiger partial charge is 0.243 e. The predicted octanol–water partition coefficient (Wildman–Crippen LogP) is 5.95. The maximum Gasteiger partial charge on any atom is 0.243 e. The molecule has 0 aliphatic rings. The molecule has 184 valence electrons. The molecule has 4 N–H and O–H groups in total. The van der Waals surface area contributed by atoms with Crippen LogP contribution in [0.4, 0.5) is 34.9 Å². The summed E-state index contributed by atoms with van der Waals surface area (Å²) >= 11 is 0. The van der Waals surface area contributed by atoms with Gasteiger partial charge in [0.25, 0.3) is 0 Å². The monoisotopic (exact) mass is 481 g/mol. The van der Waals surface area contributed by atoms with Crippen molar-refractivity contribution >= 4 is 40.8 Å². The Morgan fingerprint density at radius 1 is 0.639 bits per heavy atom. The lowest BCUT2D eigenvalue weighted by atomic mass is 10.1. The lowest BCUT2D eigenvalue weighted by Gasteiger charge is -2.14. The molecule has 0 aliphatic carbocycles. The van der Waals surface area contributed by atoms with E-state index in [0.717, 1.165) is 33.8 Å². The zero-order chi connectivity index (χ0) is 25.7. The van der Waals surface area contributed by atoms with E-state index in [9.17, 15) is 4.79 Å². The van der Waals surface area contributed by atoms with Gasteiger partial charge in [0.2, 0.25) is 23.8 Å². The van der Waals surface area contributed by atoms with Crippen molar-refractivity contribution in [3.8, 4) is 0 Å². The second kappa shape index (κ2) is 10.9. The number of amides is 1. The van der Waals surface area contributed by atoms with Gasteiger partial charge < -0.3 is 21.3 Å². The zero-order valence-corrected chi connectivity index (χ0v) is 21.2. The summed E-state index contributed by atoms with van der Waals surface area (Å²) in [6.45, 7) is 10.2. The van der Waals surface area contributed by atoms with Crippen LogP contribution in [0.25, 0.3) is 0 Å². The number of hydrogen-bond donors (Lipinski definition) is 4. The first kappa shape index (κ1) is 24.7. The van der Waals surface area contributed by atoms with E-state index >= 15 is 0 Å². The summed E-state index contributed by atoms with van der Waals surface area (Å²) in [7, 11) is 0. The third kappa shape index (κ3) is 6.56. The van der Waals surface area contributed by atoms with Crippen LogP contribution in [0.2, 0.25) is 0 Å². The quantitative estimate of drug-likeness (QED) is 0.246. The molecule has 0 saturated carbocycles. The molecule has 1 heterocycles. The van der Waals surface area contributed by atoms with Gasteiger partial charge in [0.05, 0.1) is 6.54 Å². The van der Waals surface area contributed by atoms with E-state index in [-0.39, 0.29) is 18.4 Å². The van der Waals surface area contributed by atoms with Crippen LogP contribution in [-0.4, -0.2) is 27.4 Å². The zero-order valence-electron chi connectivity index (χ0n) is 21.2. The molecule has 1 amide bonds. The Morgan fingerprint density at radius 3 is 1.61 bits per heavy atom. The number of benzene rings is 3. The van der Waals surface area contributed by atoms with Gasteiger partial charge in [-0.1, -0.05) is 53.1 Å². The summed E-state index contributed by atoms with van der Waals surface area (Å²) in [5.74, 6) is 0.812. The Morgan fingerprint density at radius 2 is 1.11 bits per heavy atom. The second-order valence-corrected chi connectivity index (χ2v) is 8.96. The van der Waals surface area contributed by atoms with Crippen LogP contribution in [0.15, 0.2) is 60.7 Å². The number of rotatable bonds is 8. The molecule has 8 heteroatoms. The molecule has 0 fully saturated rings. The minimum absolute atomic E-state index is 0.00386. The summed E-state index contributed by atoms with van der Waals surface area (Å²) in [4.78, 5) is 26.1. The van der Waals surface area contributed by atoms with Crippen molar-refractivity contribution in [1.29, 1.82) is 0 Å². The molecule has 0 saturated heterocycles. The Bertz CT molecular complexity index is 1310. The van der Waals surface area contributed by atoms with Crippen molar-refractivity contribution in [2.75, 3.05) is 27.8 Å². The first-order valence-electron chi connectivity index (χ1n) is 11.8. The molecule has 4 rings (SSSR count). The number of anilines is 6. The first-order valence-corrected chi connectivity index (χ1v) is 11.8.